The fourth-order valence-electron chi connectivity index (χ4n) is 1.90. The third kappa shape index (κ3) is 2.15. The molecule has 0 atom stereocenters. The number of ketones is 1. The number of methoxy groups -OCH3 is 1. The first-order chi connectivity index (χ1) is 7.70. The normalized spacial score (nSPS) is 14.7. The van der Waals surface area contributed by atoms with Crippen LogP contribution < -0.4 is 0 Å². The van der Waals surface area contributed by atoms with Crippen LogP contribution in [0.3, 0.4) is 0 Å². The average molecular weight is 222 g/mol. The number of furan rings is 1. The quantitative estimate of drug-likeness (QED) is 0.733. The van der Waals surface area contributed by atoms with E-state index in [0.717, 1.165) is 18.6 Å². The van der Waals surface area contributed by atoms with E-state index in [0.29, 0.717) is 24.2 Å². The first-order valence-electron chi connectivity index (χ1n) is 5.42. The van der Waals surface area contributed by atoms with Gasteiger partial charge in [0.1, 0.15) is 11.5 Å². The summed E-state index contributed by atoms with van der Waals surface area (Å²) >= 11 is 0. The van der Waals surface area contributed by atoms with Gasteiger partial charge in [0.25, 0.3) is 0 Å². The maximum atomic E-state index is 11.5. The number of carbonyl (C=O) groups excluding carboxylic acids is 2. The second kappa shape index (κ2) is 4.51. The molecule has 2 rings (SSSR count). The van der Waals surface area contributed by atoms with Gasteiger partial charge >= 0.3 is 5.97 Å². The van der Waals surface area contributed by atoms with Crippen molar-refractivity contribution in [2.75, 3.05) is 7.11 Å². The Morgan fingerprint density at radius 2 is 2.31 bits per heavy atom. The number of ether oxygens (including phenoxy) is 1. The van der Waals surface area contributed by atoms with E-state index >= 15 is 0 Å². The molecule has 0 saturated heterocycles. The lowest BCUT2D eigenvalue weighted by atomic mass is 9.97. The smallest absolute Gasteiger partial charge is 0.305 e. The molecule has 86 valence electrons. The maximum Gasteiger partial charge on any atom is 0.305 e. The van der Waals surface area contributed by atoms with Crippen LogP contribution in [0.1, 0.15) is 41.1 Å². The molecule has 1 aliphatic carbocycles. The van der Waals surface area contributed by atoms with Crippen molar-refractivity contribution < 1.29 is 18.7 Å². The van der Waals surface area contributed by atoms with E-state index in [-0.39, 0.29) is 18.2 Å². The summed E-state index contributed by atoms with van der Waals surface area (Å²) in [5, 5.41) is 0. The fourth-order valence-corrected chi connectivity index (χ4v) is 1.90. The Kier molecular flexibility index (Phi) is 3.08. The van der Waals surface area contributed by atoms with E-state index in [9.17, 15) is 9.59 Å². The van der Waals surface area contributed by atoms with Crippen LogP contribution in [-0.2, 0) is 22.4 Å². The van der Waals surface area contributed by atoms with E-state index in [1.54, 1.807) is 6.07 Å². The molecule has 0 aromatic carbocycles. The van der Waals surface area contributed by atoms with Gasteiger partial charge in [0.05, 0.1) is 19.1 Å². The number of hydrogen-bond acceptors (Lipinski definition) is 4. The van der Waals surface area contributed by atoms with E-state index in [1.807, 2.05) is 0 Å². The van der Waals surface area contributed by atoms with Gasteiger partial charge in [-0.3, -0.25) is 9.59 Å². The fraction of sp³-hybridized carbons (Fsp3) is 0.500. The van der Waals surface area contributed by atoms with E-state index in [1.165, 1.54) is 7.11 Å². The highest BCUT2D eigenvalue weighted by atomic mass is 16.5. The van der Waals surface area contributed by atoms with Crippen LogP contribution in [0.2, 0.25) is 0 Å². The predicted octanol–water partition coefficient (Wildman–Crippen LogP) is 1.90. The molecule has 0 aliphatic heterocycles. The summed E-state index contributed by atoms with van der Waals surface area (Å²) in [6.45, 7) is 0. The van der Waals surface area contributed by atoms with E-state index in [2.05, 4.69) is 4.74 Å². The van der Waals surface area contributed by atoms with Gasteiger partial charge in [-0.05, 0) is 12.5 Å². The number of esters is 1. The lowest BCUT2D eigenvalue weighted by molar-refractivity contribution is -0.140. The molecular formula is C12H14O4. The average Bonchev–Trinajstić information content (AvgIpc) is 2.70. The lowest BCUT2D eigenvalue weighted by Crippen LogP contribution is -2.07. The SMILES string of the molecule is COC(=O)CCc1cc2c(o1)CCCC2=O. The Morgan fingerprint density at radius 1 is 1.50 bits per heavy atom. The molecule has 0 fully saturated rings. The van der Waals surface area contributed by atoms with E-state index < -0.39 is 0 Å². The molecule has 16 heavy (non-hydrogen) atoms. The van der Waals surface area contributed by atoms with Crippen LogP contribution >= 0.6 is 0 Å². The number of rotatable bonds is 3. The molecule has 0 radical (unpaired) electrons. The Morgan fingerprint density at radius 3 is 3.00 bits per heavy atom. The largest absolute Gasteiger partial charge is 0.469 e. The summed E-state index contributed by atoms with van der Waals surface area (Å²) in [5.41, 5.74) is 0.700. The van der Waals surface area contributed by atoms with Crippen LogP contribution in [-0.4, -0.2) is 18.9 Å². The van der Waals surface area contributed by atoms with Crippen molar-refractivity contribution >= 4 is 11.8 Å². The molecular weight excluding hydrogens is 208 g/mol. The zero-order chi connectivity index (χ0) is 11.5. The van der Waals surface area contributed by atoms with Gasteiger partial charge in [-0.25, -0.2) is 0 Å². The van der Waals surface area contributed by atoms with Crippen LogP contribution in [0.4, 0.5) is 0 Å². The summed E-state index contributed by atoms with van der Waals surface area (Å²) in [5.74, 6) is 1.36. The zero-order valence-electron chi connectivity index (χ0n) is 9.25. The molecule has 1 aromatic heterocycles. The summed E-state index contributed by atoms with van der Waals surface area (Å²) in [7, 11) is 1.36. The second-order valence-electron chi connectivity index (χ2n) is 3.90. The van der Waals surface area contributed by atoms with Crippen molar-refractivity contribution in [1.29, 1.82) is 0 Å². The molecule has 0 spiro atoms. The summed E-state index contributed by atoms with van der Waals surface area (Å²) in [4.78, 5) is 22.5. The molecule has 0 amide bonds. The van der Waals surface area contributed by atoms with Gasteiger partial charge in [-0.1, -0.05) is 0 Å². The minimum absolute atomic E-state index is 0.148. The third-order valence-electron chi connectivity index (χ3n) is 2.77. The van der Waals surface area contributed by atoms with Gasteiger partial charge < -0.3 is 9.15 Å². The first-order valence-corrected chi connectivity index (χ1v) is 5.42. The molecule has 0 N–H and O–H groups in total. The Balaban J connectivity index is 2.07. The highest BCUT2D eigenvalue weighted by Crippen LogP contribution is 2.25. The Labute approximate surface area is 93.6 Å². The van der Waals surface area contributed by atoms with Crippen molar-refractivity contribution in [1.82, 2.24) is 0 Å². The van der Waals surface area contributed by atoms with Gasteiger partial charge in [-0.2, -0.15) is 0 Å². The summed E-state index contributed by atoms with van der Waals surface area (Å²) in [6, 6.07) is 1.76. The molecule has 0 bridgehead atoms. The number of hydrogen-bond donors (Lipinski definition) is 0. The van der Waals surface area contributed by atoms with Crippen LogP contribution in [0, 0.1) is 0 Å². The molecule has 0 unspecified atom stereocenters. The Hall–Kier alpha value is -1.58. The van der Waals surface area contributed by atoms with E-state index in [4.69, 9.17) is 4.42 Å². The van der Waals surface area contributed by atoms with Gasteiger partial charge in [0, 0.05) is 19.3 Å². The number of Topliss-reactive ketones (excluding diaryl/α,β-unsaturated/α-hetero) is 1. The van der Waals surface area contributed by atoms with Gasteiger partial charge in [0.15, 0.2) is 5.78 Å². The molecule has 1 aliphatic rings. The molecule has 0 saturated carbocycles. The van der Waals surface area contributed by atoms with Crippen molar-refractivity contribution in [3.05, 3.63) is 23.2 Å². The first kappa shape index (κ1) is 10.9. The standard InChI is InChI=1S/C12H14O4/c1-15-12(14)6-5-8-7-9-10(13)3-2-4-11(9)16-8/h7H,2-6H2,1H3. The van der Waals surface area contributed by atoms with Crippen molar-refractivity contribution in [3.8, 4) is 0 Å². The molecule has 4 nitrogen and oxygen atoms in total. The molecule has 1 heterocycles. The number of fused-ring (bicyclic) bond motifs is 1. The topological polar surface area (TPSA) is 56.5 Å². The van der Waals surface area contributed by atoms with Gasteiger partial charge in [0.2, 0.25) is 0 Å². The summed E-state index contributed by atoms with van der Waals surface area (Å²) in [6.07, 6.45) is 3.06. The minimum Gasteiger partial charge on any atom is -0.469 e. The van der Waals surface area contributed by atoms with Gasteiger partial charge in [-0.15, -0.1) is 0 Å². The molecule has 4 heteroatoms. The monoisotopic (exact) mass is 222 g/mol. The lowest BCUT2D eigenvalue weighted by Gasteiger charge is -2.06. The van der Waals surface area contributed by atoms with Crippen molar-refractivity contribution in [2.24, 2.45) is 0 Å². The van der Waals surface area contributed by atoms with Crippen molar-refractivity contribution in [2.45, 2.75) is 32.1 Å². The van der Waals surface area contributed by atoms with Crippen molar-refractivity contribution in [3.63, 3.8) is 0 Å². The third-order valence-corrected chi connectivity index (χ3v) is 2.77. The minimum atomic E-state index is -0.263. The Bertz CT molecular complexity index is 417. The second-order valence-corrected chi connectivity index (χ2v) is 3.90. The maximum absolute atomic E-state index is 11.5. The number of aryl methyl sites for hydroxylation is 2. The highest BCUT2D eigenvalue weighted by molar-refractivity contribution is 5.98. The van der Waals surface area contributed by atoms with Crippen LogP contribution in [0.25, 0.3) is 0 Å². The van der Waals surface area contributed by atoms with Crippen LogP contribution in [0.15, 0.2) is 10.5 Å². The molecule has 1 aromatic rings. The summed E-state index contributed by atoms with van der Waals surface area (Å²) < 4.78 is 10.1. The van der Waals surface area contributed by atoms with Crippen LogP contribution in [0.5, 0.6) is 0 Å². The zero-order valence-corrected chi connectivity index (χ0v) is 9.25. The highest BCUT2D eigenvalue weighted by Gasteiger charge is 2.22. The number of carbonyl (C=O) groups is 2. The predicted molar refractivity (Wildman–Crippen MR) is 56.3 cm³/mol.